The molecule has 3 heterocycles. The molecule has 9 aromatic rings. The number of anilines is 4. The molecule has 304 valence electrons. The summed E-state index contributed by atoms with van der Waals surface area (Å²) in [5.41, 5.74) is 15.7. The Labute approximate surface area is 373 Å². The standard InChI is InChI=1S/C55H45N4O.Pt/c1-36-28-37(2)54(38(3)29-36)58-35-57(51-33-47(39-16-9-7-10-17-39)48(34-52(51)58)40-18-11-8-12-19-40)42-20-15-21-43(31-42)60-44-24-25-46-45-22-13-14-23-49(45)59(50(46)32-44)53-30-41(26-27-56-53)55(4,5)6;/h7-30,33-35H,1-6H3;/q-3;. The summed E-state index contributed by atoms with van der Waals surface area (Å²) in [6.45, 7) is 15.4. The maximum Gasteiger partial charge on any atom is 0.135 e. The molecule has 0 atom stereocenters. The molecule has 61 heavy (non-hydrogen) atoms. The number of aromatic nitrogens is 2. The van der Waals surface area contributed by atoms with Crippen molar-refractivity contribution in [1.29, 1.82) is 0 Å². The maximum absolute atomic E-state index is 6.67. The molecule has 0 N–H and O–H groups in total. The Morgan fingerprint density at radius 1 is 0.590 bits per heavy atom. The van der Waals surface area contributed by atoms with E-state index < -0.39 is 0 Å². The van der Waals surface area contributed by atoms with Gasteiger partial charge in [0.05, 0.1) is 0 Å². The molecule has 1 aliphatic heterocycles. The van der Waals surface area contributed by atoms with Crippen LogP contribution in [0, 0.1) is 39.6 Å². The average molecular weight is 973 g/mol. The van der Waals surface area contributed by atoms with E-state index in [1.165, 1.54) is 39.1 Å². The third-order valence-electron chi connectivity index (χ3n) is 11.5. The smallest absolute Gasteiger partial charge is 0.135 e. The number of para-hydroxylation sites is 1. The number of rotatable bonds is 7. The van der Waals surface area contributed by atoms with Crippen molar-refractivity contribution >= 4 is 44.6 Å². The molecule has 10 rings (SSSR count). The van der Waals surface area contributed by atoms with Crippen molar-refractivity contribution < 1.29 is 25.8 Å². The number of aryl methyl sites for hydroxylation is 3. The van der Waals surface area contributed by atoms with E-state index in [0.717, 1.165) is 55.8 Å². The van der Waals surface area contributed by atoms with E-state index in [9.17, 15) is 0 Å². The fourth-order valence-electron chi connectivity index (χ4n) is 8.77. The van der Waals surface area contributed by atoms with E-state index in [0.29, 0.717) is 11.5 Å². The van der Waals surface area contributed by atoms with Gasteiger partial charge in [0, 0.05) is 61.3 Å². The molecule has 0 aliphatic carbocycles. The Kier molecular flexibility index (Phi) is 10.4. The molecule has 5 nitrogen and oxygen atoms in total. The molecule has 2 aromatic heterocycles. The van der Waals surface area contributed by atoms with Crippen LogP contribution in [-0.4, -0.2) is 9.55 Å². The summed E-state index contributed by atoms with van der Waals surface area (Å²) in [5, 5.41) is 2.23. The minimum absolute atomic E-state index is 0. The number of ether oxygens (including phenoxy) is 1. The van der Waals surface area contributed by atoms with Crippen molar-refractivity contribution in [3.05, 3.63) is 199 Å². The average Bonchev–Trinajstić information content (AvgIpc) is 3.78. The van der Waals surface area contributed by atoms with E-state index in [-0.39, 0.29) is 26.5 Å². The summed E-state index contributed by atoms with van der Waals surface area (Å²) >= 11 is 0. The maximum atomic E-state index is 6.67. The van der Waals surface area contributed by atoms with Gasteiger partial charge in [-0.15, -0.1) is 48.1 Å². The Morgan fingerprint density at radius 3 is 1.89 bits per heavy atom. The van der Waals surface area contributed by atoms with Crippen LogP contribution in [-0.2, 0) is 26.5 Å². The van der Waals surface area contributed by atoms with Crippen LogP contribution in [0.4, 0.5) is 22.7 Å². The number of hydrogen-bond donors (Lipinski definition) is 0. The number of hydrogen-bond acceptors (Lipinski definition) is 4. The Bertz CT molecular complexity index is 3050. The second kappa shape index (κ2) is 15.9. The van der Waals surface area contributed by atoms with Crippen LogP contribution in [0.15, 0.2) is 158 Å². The van der Waals surface area contributed by atoms with Gasteiger partial charge in [-0.3, -0.25) is 0 Å². The number of benzene rings is 7. The van der Waals surface area contributed by atoms with Crippen LogP contribution in [0.5, 0.6) is 11.5 Å². The molecule has 0 bridgehead atoms. The van der Waals surface area contributed by atoms with Crippen molar-refractivity contribution in [1.82, 2.24) is 9.55 Å². The molecule has 0 fully saturated rings. The molecule has 0 radical (unpaired) electrons. The summed E-state index contributed by atoms with van der Waals surface area (Å²) in [4.78, 5) is 9.43. The van der Waals surface area contributed by atoms with Crippen LogP contribution >= 0.6 is 0 Å². The molecular weight excluding hydrogens is 928 g/mol. The van der Waals surface area contributed by atoms with Gasteiger partial charge in [-0.05, 0) is 101 Å². The molecule has 0 saturated heterocycles. The molecule has 1 aliphatic rings. The summed E-state index contributed by atoms with van der Waals surface area (Å²) in [5.74, 6) is 2.05. The molecule has 0 spiro atoms. The van der Waals surface area contributed by atoms with E-state index in [2.05, 4.69) is 208 Å². The van der Waals surface area contributed by atoms with Gasteiger partial charge in [-0.25, -0.2) is 4.98 Å². The Hall–Kier alpha value is -6.42. The third-order valence-corrected chi connectivity index (χ3v) is 11.5. The first-order valence-corrected chi connectivity index (χ1v) is 20.5. The van der Waals surface area contributed by atoms with Crippen molar-refractivity contribution in [2.45, 2.75) is 47.0 Å². The topological polar surface area (TPSA) is 33.5 Å². The van der Waals surface area contributed by atoms with Crippen LogP contribution in [0.1, 0.15) is 43.0 Å². The van der Waals surface area contributed by atoms with Gasteiger partial charge in [-0.2, -0.15) is 12.1 Å². The molecule has 0 amide bonds. The second-order valence-corrected chi connectivity index (χ2v) is 16.8. The largest absolute Gasteiger partial charge is 0.509 e. The predicted molar refractivity (Wildman–Crippen MR) is 248 cm³/mol. The van der Waals surface area contributed by atoms with Gasteiger partial charge in [0.25, 0.3) is 0 Å². The first kappa shape index (κ1) is 40.0. The van der Waals surface area contributed by atoms with Crippen molar-refractivity contribution in [3.63, 3.8) is 0 Å². The van der Waals surface area contributed by atoms with Crippen molar-refractivity contribution in [2.24, 2.45) is 0 Å². The zero-order valence-corrected chi connectivity index (χ0v) is 37.4. The Balaban J connectivity index is 0.00000476. The predicted octanol–water partition coefficient (Wildman–Crippen LogP) is 14.5. The van der Waals surface area contributed by atoms with Gasteiger partial charge in [0.2, 0.25) is 0 Å². The Morgan fingerprint density at radius 2 is 1.21 bits per heavy atom. The van der Waals surface area contributed by atoms with E-state index in [1.807, 2.05) is 24.4 Å². The van der Waals surface area contributed by atoms with Gasteiger partial charge in [-0.1, -0.05) is 123 Å². The fraction of sp³-hybridized carbons (Fsp3) is 0.127. The zero-order valence-electron chi connectivity index (χ0n) is 35.1. The van der Waals surface area contributed by atoms with Gasteiger partial charge < -0.3 is 19.1 Å². The third kappa shape index (κ3) is 7.32. The monoisotopic (exact) mass is 972 g/mol. The molecule has 0 unspecified atom stereocenters. The summed E-state index contributed by atoms with van der Waals surface area (Å²) in [6.07, 6.45) is 1.90. The first-order valence-electron chi connectivity index (χ1n) is 20.5. The minimum atomic E-state index is -0.0231. The van der Waals surface area contributed by atoms with Crippen LogP contribution in [0.25, 0.3) is 49.9 Å². The first-order chi connectivity index (χ1) is 29.1. The number of fused-ring (bicyclic) bond motifs is 4. The molecular formula is C55H45N4OPt-3. The normalized spacial score (nSPS) is 12.5. The van der Waals surface area contributed by atoms with E-state index >= 15 is 0 Å². The van der Waals surface area contributed by atoms with Crippen molar-refractivity contribution in [3.8, 4) is 39.6 Å². The zero-order chi connectivity index (χ0) is 41.1. The van der Waals surface area contributed by atoms with E-state index in [4.69, 9.17) is 9.72 Å². The van der Waals surface area contributed by atoms with Crippen molar-refractivity contribution in [2.75, 3.05) is 9.80 Å². The summed E-state index contributed by atoms with van der Waals surface area (Å²) in [6, 6.07) is 60.8. The van der Waals surface area contributed by atoms with Crippen LogP contribution in [0.2, 0.25) is 0 Å². The fourth-order valence-corrected chi connectivity index (χ4v) is 8.77. The van der Waals surface area contributed by atoms with Gasteiger partial charge in [0.15, 0.2) is 0 Å². The SMILES string of the molecule is Cc1cc(C)c(N2[CH-]N(c3[c-]c(Oc4[c-]c5c(cc4)c4ccccc4n5-c4cc(C(C)(C)C)ccn4)ccc3)c3cc(-c4ccccc4)c(-c4ccccc4)cc32)c(C)c1.[Pt]. The number of pyridine rings is 1. The quantitative estimate of drug-likeness (QED) is 0.149. The summed E-state index contributed by atoms with van der Waals surface area (Å²) < 4.78 is 8.87. The molecule has 7 aromatic carbocycles. The molecule has 6 heteroatoms. The van der Waals surface area contributed by atoms with Gasteiger partial charge >= 0.3 is 0 Å². The summed E-state index contributed by atoms with van der Waals surface area (Å²) in [7, 11) is 0. The van der Waals surface area contributed by atoms with Crippen LogP contribution < -0.4 is 14.5 Å². The van der Waals surface area contributed by atoms with Crippen LogP contribution in [0.3, 0.4) is 0 Å². The minimum Gasteiger partial charge on any atom is -0.509 e. The molecule has 0 saturated carbocycles. The van der Waals surface area contributed by atoms with E-state index in [1.54, 1.807) is 0 Å². The second-order valence-electron chi connectivity index (χ2n) is 16.8. The number of nitrogens with zero attached hydrogens (tertiary/aromatic N) is 4. The van der Waals surface area contributed by atoms with Gasteiger partial charge in [0.1, 0.15) is 5.82 Å².